The molecule has 0 unspecified atom stereocenters. The van der Waals surface area contributed by atoms with Crippen LogP contribution >= 0.6 is 0 Å². The molecule has 2 rings (SSSR count). The van der Waals surface area contributed by atoms with Gasteiger partial charge in [-0.1, -0.05) is 69.4 Å². The van der Waals surface area contributed by atoms with E-state index in [-0.39, 0.29) is 0 Å². The summed E-state index contributed by atoms with van der Waals surface area (Å²) in [5.74, 6) is 1.49. The average Bonchev–Trinajstić information content (AvgIpc) is 2.55. The first-order chi connectivity index (χ1) is 10.4. The van der Waals surface area contributed by atoms with E-state index >= 15 is 0 Å². The molecule has 0 aliphatic carbocycles. The van der Waals surface area contributed by atoms with Crippen LogP contribution in [0.1, 0.15) is 45.4 Å². The summed E-state index contributed by atoms with van der Waals surface area (Å²) in [7, 11) is 0. The van der Waals surface area contributed by atoms with Crippen molar-refractivity contribution in [1.29, 1.82) is 0 Å². The molecule has 21 heavy (non-hydrogen) atoms. The zero-order valence-corrected chi connectivity index (χ0v) is 12.8. The van der Waals surface area contributed by atoms with Gasteiger partial charge in [0.15, 0.2) is 11.6 Å². The predicted molar refractivity (Wildman–Crippen MR) is 86.3 cm³/mol. The molecule has 0 aliphatic rings. The number of hydrogen-bond acceptors (Lipinski definition) is 3. The minimum Gasteiger partial charge on any atom is -0.490 e. The topological polar surface area (TPSA) is 35.0 Å². The van der Waals surface area contributed by atoms with E-state index in [0.29, 0.717) is 0 Å². The maximum absolute atomic E-state index is 5.68. The molecule has 3 heteroatoms. The molecular formula is C18H24N2O. The SMILES string of the molecule is CCCCCCCCOc1cnc(-c2ccccc2)nc1. The van der Waals surface area contributed by atoms with Crippen molar-refractivity contribution >= 4 is 0 Å². The van der Waals surface area contributed by atoms with E-state index in [1.165, 1.54) is 32.1 Å². The lowest BCUT2D eigenvalue weighted by molar-refractivity contribution is 0.302. The third-order valence-corrected chi connectivity index (χ3v) is 3.43. The van der Waals surface area contributed by atoms with Crippen molar-refractivity contribution in [2.24, 2.45) is 0 Å². The molecule has 0 aliphatic heterocycles. The molecule has 0 bridgehead atoms. The Balaban J connectivity index is 1.71. The van der Waals surface area contributed by atoms with Crippen molar-refractivity contribution < 1.29 is 4.74 Å². The van der Waals surface area contributed by atoms with Gasteiger partial charge >= 0.3 is 0 Å². The van der Waals surface area contributed by atoms with Gasteiger partial charge in [0, 0.05) is 5.56 Å². The van der Waals surface area contributed by atoms with Crippen LogP contribution in [0.15, 0.2) is 42.7 Å². The summed E-state index contributed by atoms with van der Waals surface area (Å²) in [5, 5.41) is 0. The van der Waals surface area contributed by atoms with Gasteiger partial charge in [-0.25, -0.2) is 9.97 Å². The minimum atomic E-state index is 0.738. The lowest BCUT2D eigenvalue weighted by Crippen LogP contribution is -1.99. The van der Waals surface area contributed by atoms with Gasteiger partial charge in [-0.05, 0) is 6.42 Å². The van der Waals surface area contributed by atoms with E-state index in [9.17, 15) is 0 Å². The first-order valence-electron chi connectivity index (χ1n) is 7.90. The van der Waals surface area contributed by atoms with Gasteiger partial charge in [0.1, 0.15) is 0 Å². The van der Waals surface area contributed by atoms with Crippen LogP contribution < -0.4 is 4.74 Å². The van der Waals surface area contributed by atoms with E-state index in [2.05, 4.69) is 16.9 Å². The van der Waals surface area contributed by atoms with Crippen LogP contribution in [-0.2, 0) is 0 Å². The maximum atomic E-state index is 5.68. The van der Waals surface area contributed by atoms with Crippen molar-refractivity contribution in [3.05, 3.63) is 42.7 Å². The fourth-order valence-electron chi connectivity index (χ4n) is 2.20. The molecule has 1 heterocycles. The highest BCUT2D eigenvalue weighted by Gasteiger charge is 2.01. The largest absolute Gasteiger partial charge is 0.490 e. The van der Waals surface area contributed by atoms with E-state index in [1.807, 2.05) is 30.3 Å². The Morgan fingerprint density at radius 2 is 1.52 bits per heavy atom. The van der Waals surface area contributed by atoms with Crippen molar-refractivity contribution in [3.8, 4) is 17.1 Å². The third-order valence-electron chi connectivity index (χ3n) is 3.43. The van der Waals surface area contributed by atoms with Crippen LogP contribution in [0.4, 0.5) is 0 Å². The van der Waals surface area contributed by atoms with Crippen molar-refractivity contribution in [1.82, 2.24) is 9.97 Å². The van der Waals surface area contributed by atoms with Crippen LogP contribution in [0.2, 0.25) is 0 Å². The monoisotopic (exact) mass is 284 g/mol. The molecule has 0 saturated carbocycles. The van der Waals surface area contributed by atoms with Crippen molar-refractivity contribution in [2.75, 3.05) is 6.61 Å². The van der Waals surface area contributed by atoms with Crippen LogP contribution in [0.25, 0.3) is 11.4 Å². The second-order valence-corrected chi connectivity index (χ2v) is 5.22. The summed E-state index contributed by atoms with van der Waals surface area (Å²) in [4.78, 5) is 8.70. The second kappa shape index (κ2) is 9.11. The molecule has 0 spiro atoms. The lowest BCUT2D eigenvalue weighted by Gasteiger charge is -2.06. The second-order valence-electron chi connectivity index (χ2n) is 5.22. The number of benzene rings is 1. The van der Waals surface area contributed by atoms with Gasteiger partial charge < -0.3 is 4.74 Å². The normalized spacial score (nSPS) is 10.5. The highest BCUT2D eigenvalue weighted by atomic mass is 16.5. The molecule has 0 fully saturated rings. The summed E-state index contributed by atoms with van der Waals surface area (Å²) in [6.45, 7) is 2.99. The van der Waals surface area contributed by atoms with E-state index in [4.69, 9.17) is 4.74 Å². The van der Waals surface area contributed by atoms with Crippen LogP contribution in [0, 0.1) is 0 Å². The quantitative estimate of drug-likeness (QED) is 0.615. The number of hydrogen-bond donors (Lipinski definition) is 0. The zero-order valence-electron chi connectivity index (χ0n) is 12.8. The zero-order chi connectivity index (χ0) is 14.8. The Labute approximate surface area is 127 Å². The Morgan fingerprint density at radius 1 is 0.857 bits per heavy atom. The number of rotatable bonds is 9. The fraction of sp³-hybridized carbons (Fsp3) is 0.444. The summed E-state index contributed by atoms with van der Waals surface area (Å²) in [6.07, 6.45) is 11.1. The van der Waals surface area contributed by atoms with Crippen LogP contribution in [0.5, 0.6) is 5.75 Å². The average molecular weight is 284 g/mol. The molecule has 3 nitrogen and oxygen atoms in total. The number of unbranched alkanes of at least 4 members (excludes halogenated alkanes) is 5. The molecule has 1 aromatic carbocycles. The Bertz CT molecular complexity index is 496. The van der Waals surface area contributed by atoms with Crippen molar-refractivity contribution in [3.63, 3.8) is 0 Å². The van der Waals surface area contributed by atoms with Gasteiger partial charge in [0.05, 0.1) is 19.0 Å². The molecule has 112 valence electrons. The first kappa shape index (κ1) is 15.5. The summed E-state index contributed by atoms with van der Waals surface area (Å²) >= 11 is 0. The smallest absolute Gasteiger partial charge is 0.159 e. The van der Waals surface area contributed by atoms with Gasteiger partial charge in [0.2, 0.25) is 0 Å². The molecule has 0 N–H and O–H groups in total. The van der Waals surface area contributed by atoms with Gasteiger partial charge in [0.25, 0.3) is 0 Å². The molecule has 0 saturated heterocycles. The highest BCUT2D eigenvalue weighted by Crippen LogP contribution is 2.16. The van der Waals surface area contributed by atoms with E-state index in [1.54, 1.807) is 12.4 Å². The molecule has 1 aromatic heterocycles. The van der Waals surface area contributed by atoms with Gasteiger partial charge in [-0.2, -0.15) is 0 Å². The first-order valence-corrected chi connectivity index (χ1v) is 7.90. The Morgan fingerprint density at radius 3 is 2.24 bits per heavy atom. The summed E-state index contributed by atoms with van der Waals surface area (Å²) in [6, 6.07) is 9.98. The minimum absolute atomic E-state index is 0.738. The van der Waals surface area contributed by atoms with E-state index < -0.39 is 0 Å². The molecule has 0 radical (unpaired) electrons. The van der Waals surface area contributed by atoms with Gasteiger partial charge in [-0.3, -0.25) is 0 Å². The molecule has 0 amide bonds. The number of aromatic nitrogens is 2. The number of nitrogens with zero attached hydrogens (tertiary/aromatic N) is 2. The molecular weight excluding hydrogens is 260 g/mol. The standard InChI is InChI=1S/C18H24N2O/c1-2-3-4-5-6-10-13-21-17-14-19-18(20-15-17)16-11-8-7-9-12-16/h7-9,11-12,14-15H,2-6,10,13H2,1H3. The van der Waals surface area contributed by atoms with Crippen molar-refractivity contribution in [2.45, 2.75) is 45.4 Å². The molecule has 2 aromatic rings. The van der Waals surface area contributed by atoms with Crippen LogP contribution in [0.3, 0.4) is 0 Å². The Hall–Kier alpha value is -1.90. The predicted octanol–water partition coefficient (Wildman–Crippen LogP) is 4.88. The molecule has 0 atom stereocenters. The van der Waals surface area contributed by atoms with E-state index in [0.717, 1.165) is 30.2 Å². The van der Waals surface area contributed by atoms with Gasteiger partial charge in [-0.15, -0.1) is 0 Å². The highest BCUT2D eigenvalue weighted by molar-refractivity contribution is 5.54. The maximum Gasteiger partial charge on any atom is 0.159 e. The van der Waals surface area contributed by atoms with Crippen LogP contribution in [-0.4, -0.2) is 16.6 Å². The lowest BCUT2D eigenvalue weighted by atomic mass is 10.1. The summed E-state index contributed by atoms with van der Waals surface area (Å²) < 4.78 is 5.68. The summed E-state index contributed by atoms with van der Waals surface area (Å²) in [5.41, 5.74) is 1.03. The number of ether oxygens (including phenoxy) is 1. The third kappa shape index (κ3) is 5.54. The Kier molecular flexibility index (Phi) is 6.72. The fourth-order valence-corrected chi connectivity index (χ4v) is 2.20.